The summed E-state index contributed by atoms with van der Waals surface area (Å²) in [6, 6.07) is 13.5. The van der Waals surface area contributed by atoms with Crippen LogP contribution in [0.1, 0.15) is 44.3 Å². The molecule has 3 aliphatic heterocycles. The molecular weight excluding hydrogens is 585 g/mol. The van der Waals surface area contributed by atoms with Crippen molar-refractivity contribution in [1.29, 1.82) is 0 Å². The molecule has 1 saturated carbocycles. The minimum Gasteiger partial charge on any atom is -0.508 e. The third-order valence-corrected chi connectivity index (χ3v) is 10.5. The number of pyridine rings is 2. The van der Waals surface area contributed by atoms with Crippen LogP contribution in [-0.2, 0) is 16.0 Å². The van der Waals surface area contributed by atoms with E-state index in [2.05, 4.69) is 34.8 Å². The second-order valence-electron chi connectivity index (χ2n) is 13.2. The summed E-state index contributed by atoms with van der Waals surface area (Å²) < 4.78 is 30.9. The van der Waals surface area contributed by atoms with Gasteiger partial charge >= 0.3 is 5.97 Å². The number of aryl methyl sites for hydroxylation is 1. The van der Waals surface area contributed by atoms with Crippen LogP contribution in [0, 0.1) is 11.7 Å². The topological polar surface area (TPSA) is 102 Å². The zero-order valence-corrected chi connectivity index (χ0v) is 26.3. The molecule has 3 aromatic heterocycles. The maximum atomic E-state index is 17.0. The third kappa shape index (κ3) is 4.60. The molecule has 1 aliphatic carbocycles. The van der Waals surface area contributed by atoms with Gasteiger partial charge < -0.3 is 24.5 Å². The highest BCUT2D eigenvalue weighted by molar-refractivity contribution is 6.08. The number of likely N-dealkylation sites (tertiary alicyclic amines) is 1. The molecule has 4 aliphatic rings. The van der Waals surface area contributed by atoms with E-state index in [1.54, 1.807) is 18.3 Å². The van der Waals surface area contributed by atoms with E-state index in [9.17, 15) is 9.90 Å². The molecule has 2 aromatic carbocycles. The van der Waals surface area contributed by atoms with E-state index in [0.717, 1.165) is 59.7 Å². The Morgan fingerprint density at radius 2 is 2.04 bits per heavy atom. The van der Waals surface area contributed by atoms with Crippen molar-refractivity contribution in [2.45, 2.75) is 63.3 Å². The standard InChI is InChI=1S/C36H38FN5O4/c1-19(29-9-6-12-41(29)2)46-36-26-15-22(10-11-30(44)45-3)42(34-21-14-28(34)38-17-21)35(26)27-18-39-32(31(37)33(27)40-36)25-16-23(43)13-20-7-4-5-8-24(20)25/h4-5,7-8,13,15-16,18-19,21,28-29,34,38,43H,6,9-12,14,17H2,1-3H3/t19-,21?,28?,29-,34?/m0/s1. The Kier molecular flexibility index (Phi) is 7.10. The molecule has 3 unspecified atom stereocenters. The number of rotatable bonds is 8. The largest absolute Gasteiger partial charge is 0.508 e. The van der Waals surface area contributed by atoms with Gasteiger partial charge in [-0.15, -0.1) is 0 Å². The van der Waals surface area contributed by atoms with Crippen LogP contribution >= 0.6 is 0 Å². The molecular formula is C36H38FN5O4. The fourth-order valence-corrected chi connectivity index (χ4v) is 8.19. The number of carbonyl (C=O) groups excluding carboxylic acids is 1. The molecule has 10 heteroatoms. The number of halogens is 1. The quantitative estimate of drug-likeness (QED) is 0.211. The van der Waals surface area contributed by atoms with Gasteiger partial charge in [0.15, 0.2) is 5.82 Å². The van der Waals surface area contributed by atoms with Gasteiger partial charge in [0.05, 0.1) is 30.5 Å². The van der Waals surface area contributed by atoms with Gasteiger partial charge in [0.1, 0.15) is 23.1 Å². The van der Waals surface area contributed by atoms with Gasteiger partial charge in [-0.2, -0.15) is 0 Å². The summed E-state index contributed by atoms with van der Waals surface area (Å²) in [6.07, 6.45) is 5.43. The molecule has 238 valence electrons. The fourth-order valence-electron chi connectivity index (χ4n) is 8.19. The Bertz CT molecular complexity index is 2000. The number of esters is 1. The Balaban J connectivity index is 1.37. The Hall–Kier alpha value is -4.28. The number of phenols is 1. The summed E-state index contributed by atoms with van der Waals surface area (Å²) in [5.41, 5.74) is 2.59. The molecule has 46 heavy (non-hydrogen) atoms. The van der Waals surface area contributed by atoms with Crippen LogP contribution in [0.3, 0.4) is 0 Å². The first-order chi connectivity index (χ1) is 22.3. The van der Waals surface area contributed by atoms with Crippen molar-refractivity contribution in [3.8, 4) is 22.9 Å². The van der Waals surface area contributed by atoms with Crippen molar-refractivity contribution in [1.82, 2.24) is 24.8 Å². The minimum absolute atomic E-state index is 0.0361. The van der Waals surface area contributed by atoms with Crippen LogP contribution in [0.2, 0.25) is 0 Å². The van der Waals surface area contributed by atoms with Crippen LogP contribution in [0.15, 0.2) is 48.7 Å². The lowest BCUT2D eigenvalue weighted by atomic mass is 9.79. The van der Waals surface area contributed by atoms with Crippen molar-refractivity contribution in [2.24, 2.45) is 5.92 Å². The second kappa shape index (κ2) is 11.2. The van der Waals surface area contributed by atoms with Crippen LogP contribution in [0.5, 0.6) is 11.6 Å². The normalized spacial score (nSPS) is 23.3. The summed E-state index contributed by atoms with van der Waals surface area (Å²) in [5.74, 6) is 0.00876. The summed E-state index contributed by atoms with van der Waals surface area (Å²) in [6.45, 7) is 3.98. The van der Waals surface area contributed by atoms with Gasteiger partial charge in [0, 0.05) is 41.5 Å². The van der Waals surface area contributed by atoms with Gasteiger partial charge in [0.2, 0.25) is 5.88 Å². The number of methoxy groups -OCH3 is 1. The predicted octanol–water partition coefficient (Wildman–Crippen LogP) is 5.75. The van der Waals surface area contributed by atoms with E-state index in [1.807, 2.05) is 24.3 Å². The van der Waals surface area contributed by atoms with E-state index in [4.69, 9.17) is 19.4 Å². The maximum Gasteiger partial charge on any atom is 0.305 e. The van der Waals surface area contributed by atoms with Crippen molar-refractivity contribution >= 4 is 38.5 Å². The van der Waals surface area contributed by atoms with E-state index in [0.29, 0.717) is 35.2 Å². The van der Waals surface area contributed by atoms with Gasteiger partial charge in [0.25, 0.3) is 0 Å². The van der Waals surface area contributed by atoms with Crippen LogP contribution in [-0.4, -0.2) is 75.9 Å². The first-order valence-electron chi connectivity index (χ1n) is 16.2. The maximum absolute atomic E-state index is 17.0. The molecule has 3 saturated heterocycles. The molecule has 9 rings (SSSR count). The average Bonchev–Trinajstić information content (AvgIpc) is 3.85. The molecule has 9 nitrogen and oxygen atoms in total. The van der Waals surface area contributed by atoms with Crippen molar-refractivity contribution in [3.63, 3.8) is 0 Å². The fraction of sp³-hybridized carbons (Fsp3) is 0.417. The van der Waals surface area contributed by atoms with Crippen LogP contribution in [0.4, 0.5) is 4.39 Å². The number of likely N-dealkylation sites (N-methyl/N-ethyl adjacent to an activating group) is 1. The Morgan fingerprint density at radius 1 is 1.20 bits per heavy atom. The SMILES string of the molecule is COC(=O)CCc1cc2c(O[C@@H](C)[C@@H]3CCCN3C)nc3c(F)c(-c4cc(O)cc5ccccc45)ncc3c2n1C1C2CNC1C2. The number of ether oxygens (including phenoxy) is 2. The first-order valence-corrected chi connectivity index (χ1v) is 16.2. The average molecular weight is 624 g/mol. The zero-order valence-electron chi connectivity index (χ0n) is 26.3. The molecule has 2 bridgehead atoms. The van der Waals surface area contributed by atoms with E-state index >= 15 is 4.39 Å². The van der Waals surface area contributed by atoms with Gasteiger partial charge in [-0.1, -0.05) is 24.3 Å². The summed E-state index contributed by atoms with van der Waals surface area (Å²) in [7, 11) is 3.51. The Labute approximate surface area is 266 Å². The van der Waals surface area contributed by atoms with Crippen LogP contribution in [0.25, 0.3) is 43.8 Å². The number of benzene rings is 2. The number of aromatic nitrogens is 3. The van der Waals surface area contributed by atoms with E-state index in [1.165, 1.54) is 7.11 Å². The lowest BCUT2D eigenvalue weighted by Gasteiger charge is -2.38. The number of phenolic OH excluding ortho intramolecular Hbond substituents is 1. The zero-order chi connectivity index (χ0) is 31.7. The Morgan fingerprint density at radius 3 is 2.78 bits per heavy atom. The monoisotopic (exact) mass is 623 g/mol. The highest BCUT2D eigenvalue weighted by Crippen LogP contribution is 2.49. The summed E-state index contributed by atoms with van der Waals surface area (Å²) in [4.78, 5) is 24.2. The van der Waals surface area contributed by atoms with E-state index in [-0.39, 0.29) is 47.5 Å². The smallest absolute Gasteiger partial charge is 0.305 e. The lowest BCUT2D eigenvalue weighted by Crippen LogP contribution is -2.39. The molecule has 6 heterocycles. The molecule has 0 amide bonds. The van der Waals surface area contributed by atoms with Gasteiger partial charge in [-0.25, -0.2) is 9.37 Å². The number of fused-ring (bicyclic) bond motifs is 5. The molecule has 4 fully saturated rings. The second-order valence-corrected chi connectivity index (χ2v) is 13.2. The number of nitrogens with one attached hydrogen (secondary N) is 1. The number of carbonyl (C=O) groups is 1. The van der Waals surface area contributed by atoms with Crippen molar-refractivity contribution < 1.29 is 23.8 Å². The third-order valence-electron chi connectivity index (χ3n) is 10.5. The highest BCUT2D eigenvalue weighted by Gasteiger charge is 2.49. The highest BCUT2D eigenvalue weighted by atomic mass is 19.1. The van der Waals surface area contributed by atoms with Crippen molar-refractivity contribution in [3.05, 3.63) is 60.2 Å². The summed E-state index contributed by atoms with van der Waals surface area (Å²) >= 11 is 0. The van der Waals surface area contributed by atoms with Gasteiger partial charge in [-0.3, -0.25) is 14.7 Å². The number of hydrogen-bond acceptors (Lipinski definition) is 8. The molecule has 0 radical (unpaired) electrons. The number of nitrogens with zero attached hydrogens (tertiary/aromatic N) is 4. The predicted molar refractivity (Wildman–Crippen MR) is 175 cm³/mol. The van der Waals surface area contributed by atoms with Crippen molar-refractivity contribution in [2.75, 3.05) is 27.2 Å². The molecule has 5 atom stereocenters. The first kappa shape index (κ1) is 29.1. The van der Waals surface area contributed by atoms with Crippen LogP contribution < -0.4 is 10.1 Å². The lowest BCUT2D eigenvalue weighted by molar-refractivity contribution is -0.140. The minimum atomic E-state index is -0.566. The van der Waals surface area contributed by atoms with Gasteiger partial charge in [-0.05, 0) is 81.1 Å². The molecule has 0 spiro atoms. The number of hydrogen-bond donors (Lipinski definition) is 2. The summed E-state index contributed by atoms with van der Waals surface area (Å²) in [5, 5.41) is 17.1. The molecule has 5 aromatic rings. The van der Waals surface area contributed by atoms with E-state index < -0.39 is 5.82 Å². The number of aromatic hydroxyl groups is 1. The molecule has 2 N–H and O–H groups in total.